The number of allylic oxidation sites excluding steroid dienone is 1. The number of esters is 3. The number of hydrogen-bond acceptors (Lipinski definition) is 9. The van der Waals surface area contributed by atoms with Gasteiger partial charge in [-0.3, -0.25) is 4.79 Å². The largest absolute Gasteiger partial charge is 0.512 e. The molecule has 1 heterocycles. The van der Waals surface area contributed by atoms with Gasteiger partial charge in [0.1, 0.15) is 18.8 Å². The molecule has 2 aliphatic rings. The first-order valence-corrected chi connectivity index (χ1v) is 9.89. The molecule has 1 aliphatic heterocycles. The molecule has 1 aliphatic carbocycles. The second-order valence-corrected chi connectivity index (χ2v) is 7.47. The van der Waals surface area contributed by atoms with Crippen LogP contribution in [0.2, 0.25) is 0 Å². The van der Waals surface area contributed by atoms with E-state index in [1.807, 2.05) is 0 Å². The molecule has 0 spiro atoms. The van der Waals surface area contributed by atoms with Gasteiger partial charge in [0.15, 0.2) is 0 Å². The van der Waals surface area contributed by atoms with Crippen LogP contribution in [0.3, 0.4) is 0 Å². The van der Waals surface area contributed by atoms with Crippen molar-refractivity contribution in [2.45, 2.75) is 45.3 Å². The van der Waals surface area contributed by atoms with Gasteiger partial charge in [-0.2, -0.15) is 0 Å². The molecule has 170 valence electrons. The van der Waals surface area contributed by atoms with Gasteiger partial charge in [-0.05, 0) is 36.6 Å². The fraction of sp³-hybridized carbons (Fsp3) is 0.500. The summed E-state index contributed by atoms with van der Waals surface area (Å²) in [5.41, 5.74) is 1.11. The lowest BCUT2D eigenvalue weighted by atomic mass is 9.85. The lowest BCUT2D eigenvalue weighted by Gasteiger charge is -2.28. The van der Waals surface area contributed by atoms with Crippen LogP contribution in [-0.2, 0) is 28.6 Å². The standard InChI is InChI=1S/C22H28O9/c1-12-8-18(31-22(28)16(11-24)6-7-29-14(3)25)20-13(2)21(27)30-19(20)9-15(10-23)4-5-17(12)26/h6,9,18-20,23-24,26H,2,4-5,7-8,10-11H2,1,3H3/b15-9-,16-6+,17-12-/t18-,19+,20+/m0/s1. The van der Waals surface area contributed by atoms with Gasteiger partial charge in [-0.15, -0.1) is 0 Å². The van der Waals surface area contributed by atoms with E-state index in [1.54, 1.807) is 13.0 Å². The number of carbonyl (C=O) groups excluding carboxylic acids is 3. The molecular weight excluding hydrogens is 408 g/mol. The third-order valence-electron chi connectivity index (χ3n) is 5.26. The van der Waals surface area contributed by atoms with E-state index in [9.17, 15) is 29.7 Å². The minimum absolute atomic E-state index is 0.0995. The number of ether oxygens (including phenoxy) is 3. The van der Waals surface area contributed by atoms with E-state index < -0.39 is 42.6 Å². The molecule has 0 aromatic carbocycles. The van der Waals surface area contributed by atoms with Crippen LogP contribution < -0.4 is 0 Å². The normalized spacial score (nSPS) is 28.8. The van der Waals surface area contributed by atoms with Crippen LogP contribution in [-0.4, -0.2) is 65.3 Å². The highest BCUT2D eigenvalue weighted by Gasteiger charge is 2.45. The zero-order valence-electron chi connectivity index (χ0n) is 17.6. The summed E-state index contributed by atoms with van der Waals surface area (Å²) >= 11 is 0. The maximum absolute atomic E-state index is 12.7. The van der Waals surface area contributed by atoms with E-state index >= 15 is 0 Å². The molecule has 1 fully saturated rings. The number of fused-ring (bicyclic) bond motifs is 1. The Bertz CT molecular complexity index is 834. The summed E-state index contributed by atoms with van der Waals surface area (Å²) in [5.74, 6) is -2.68. The Morgan fingerprint density at radius 1 is 1.32 bits per heavy atom. The van der Waals surface area contributed by atoms with E-state index in [1.165, 1.54) is 13.0 Å². The van der Waals surface area contributed by atoms with E-state index in [2.05, 4.69) is 6.58 Å². The van der Waals surface area contributed by atoms with Gasteiger partial charge < -0.3 is 29.5 Å². The predicted octanol–water partition coefficient (Wildman–Crippen LogP) is 1.41. The number of aliphatic hydroxyl groups is 3. The summed E-state index contributed by atoms with van der Waals surface area (Å²) in [5, 5.41) is 29.5. The van der Waals surface area contributed by atoms with Gasteiger partial charge in [0, 0.05) is 25.3 Å². The average Bonchev–Trinajstić information content (AvgIpc) is 2.99. The van der Waals surface area contributed by atoms with E-state index in [4.69, 9.17) is 14.2 Å². The predicted molar refractivity (Wildman–Crippen MR) is 109 cm³/mol. The lowest BCUT2D eigenvalue weighted by molar-refractivity contribution is -0.148. The molecule has 3 atom stereocenters. The zero-order valence-corrected chi connectivity index (χ0v) is 17.6. The Kier molecular flexibility index (Phi) is 8.58. The molecule has 31 heavy (non-hydrogen) atoms. The first-order chi connectivity index (χ1) is 14.7. The van der Waals surface area contributed by atoms with Crippen molar-refractivity contribution in [3.63, 3.8) is 0 Å². The summed E-state index contributed by atoms with van der Waals surface area (Å²) in [6.07, 6.45) is 1.86. The van der Waals surface area contributed by atoms with Crippen molar-refractivity contribution in [1.82, 2.24) is 0 Å². The third-order valence-corrected chi connectivity index (χ3v) is 5.26. The van der Waals surface area contributed by atoms with Gasteiger partial charge in [0.05, 0.1) is 30.5 Å². The molecule has 0 aromatic heterocycles. The summed E-state index contributed by atoms with van der Waals surface area (Å²) < 4.78 is 15.7. The number of carbonyl (C=O) groups is 3. The maximum Gasteiger partial charge on any atom is 0.336 e. The second kappa shape index (κ2) is 10.9. The molecule has 0 radical (unpaired) electrons. The molecule has 0 aromatic rings. The first-order valence-electron chi connectivity index (χ1n) is 9.89. The van der Waals surface area contributed by atoms with Crippen molar-refractivity contribution in [3.8, 4) is 0 Å². The summed E-state index contributed by atoms with van der Waals surface area (Å²) in [4.78, 5) is 35.8. The van der Waals surface area contributed by atoms with Crippen molar-refractivity contribution < 1.29 is 43.9 Å². The molecule has 1 saturated heterocycles. The fourth-order valence-corrected chi connectivity index (χ4v) is 3.47. The highest BCUT2D eigenvalue weighted by atomic mass is 16.6. The highest BCUT2D eigenvalue weighted by Crippen LogP contribution is 2.37. The van der Waals surface area contributed by atoms with Crippen molar-refractivity contribution in [1.29, 1.82) is 0 Å². The third kappa shape index (κ3) is 6.28. The molecule has 0 bridgehead atoms. The molecule has 0 unspecified atom stereocenters. The maximum atomic E-state index is 12.7. The van der Waals surface area contributed by atoms with Crippen molar-refractivity contribution in [2.24, 2.45) is 5.92 Å². The smallest absolute Gasteiger partial charge is 0.336 e. The summed E-state index contributed by atoms with van der Waals surface area (Å²) in [6.45, 7) is 5.52. The molecular formula is C22H28O9. The van der Waals surface area contributed by atoms with Crippen molar-refractivity contribution >= 4 is 17.9 Å². The van der Waals surface area contributed by atoms with Crippen LogP contribution in [0, 0.1) is 5.92 Å². The van der Waals surface area contributed by atoms with Crippen molar-refractivity contribution in [2.75, 3.05) is 19.8 Å². The minimum Gasteiger partial charge on any atom is -0.512 e. The van der Waals surface area contributed by atoms with Crippen LogP contribution in [0.15, 0.2) is 46.8 Å². The topological polar surface area (TPSA) is 140 Å². The van der Waals surface area contributed by atoms with Crippen LogP contribution in [0.4, 0.5) is 0 Å². The number of aliphatic hydroxyl groups excluding tert-OH is 3. The Labute approximate surface area is 180 Å². The SMILES string of the molecule is C=C1C(=O)O[C@@H]2/C=C(\CO)CC/C(O)=C(\C)C[C@H](OC(=O)/C(=C/COC(C)=O)CO)[C@@H]12. The molecule has 3 N–H and O–H groups in total. The number of hydrogen-bond donors (Lipinski definition) is 3. The van der Waals surface area contributed by atoms with Crippen LogP contribution in [0.1, 0.15) is 33.1 Å². The second-order valence-electron chi connectivity index (χ2n) is 7.47. The highest BCUT2D eigenvalue weighted by molar-refractivity contribution is 5.92. The average molecular weight is 436 g/mol. The molecule has 2 rings (SSSR count). The fourth-order valence-electron chi connectivity index (χ4n) is 3.47. The number of rotatable bonds is 6. The molecule has 9 heteroatoms. The van der Waals surface area contributed by atoms with E-state index in [-0.39, 0.29) is 43.0 Å². The molecule has 0 saturated carbocycles. The van der Waals surface area contributed by atoms with Crippen LogP contribution in [0.25, 0.3) is 0 Å². The first kappa shape index (κ1) is 24.4. The van der Waals surface area contributed by atoms with Crippen LogP contribution in [0.5, 0.6) is 0 Å². The quantitative estimate of drug-likeness (QED) is 0.244. The summed E-state index contributed by atoms with van der Waals surface area (Å²) in [7, 11) is 0. The van der Waals surface area contributed by atoms with E-state index in [0.29, 0.717) is 17.6 Å². The Morgan fingerprint density at radius 2 is 2.03 bits per heavy atom. The lowest BCUT2D eigenvalue weighted by Crippen LogP contribution is -2.34. The van der Waals surface area contributed by atoms with Gasteiger partial charge in [0.25, 0.3) is 0 Å². The van der Waals surface area contributed by atoms with Crippen molar-refractivity contribution in [3.05, 3.63) is 46.8 Å². The Morgan fingerprint density at radius 3 is 2.65 bits per heavy atom. The Hall–Kier alpha value is -2.91. The van der Waals surface area contributed by atoms with Gasteiger partial charge >= 0.3 is 17.9 Å². The monoisotopic (exact) mass is 436 g/mol. The van der Waals surface area contributed by atoms with E-state index in [0.717, 1.165) is 0 Å². The zero-order chi connectivity index (χ0) is 23.1. The molecule has 0 amide bonds. The molecule has 9 nitrogen and oxygen atoms in total. The van der Waals surface area contributed by atoms with Gasteiger partial charge in [0.2, 0.25) is 0 Å². The van der Waals surface area contributed by atoms with Crippen LogP contribution >= 0.6 is 0 Å². The van der Waals surface area contributed by atoms with Gasteiger partial charge in [-0.1, -0.05) is 6.58 Å². The summed E-state index contributed by atoms with van der Waals surface area (Å²) in [6, 6.07) is 0. The minimum atomic E-state index is -0.934. The Balaban J connectivity index is 2.37. The van der Waals surface area contributed by atoms with Gasteiger partial charge in [-0.25, -0.2) is 9.59 Å².